The van der Waals surface area contributed by atoms with Gasteiger partial charge >= 0.3 is 0 Å². The first-order valence-electron chi connectivity index (χ1n) is 6.21. The third kappa shape index (κ3) is 2.82. The summed E-state index contributed by atoms with van der Waals surface area (Å²) >= 11 is 0. The van der Waals surface area contributed by atoms with Crippen molar-refractivity contribution >= 4 is 0 Å². The lowest BCUT2D eigenvalue weighted by molar-refractivity contribution is 0.430. The van der Waals surface area contributed by atoms with Gasteiger partial charge in [-0.15, -0.1) is 0 Å². The summed E-state index contributed by atoms with van der Waals surface area (Å²) in [7, 11) is 0. The van der Waals surface area contributed by atoms with Crippen molar-refractivity contribution in [3.63, 3.8) is 0 Å². The van der Waals surface area contributed by atoms with E-state index in [0.29, 0.717) is 6.04 Å². The largest absolute Gasteiger partial charge is 0.307 e. The summed E-state index contributed by atoms with van der Waals surface area (Å²) in [4.78, 5) is 0. The van der Waals surface area contributed by atoms with Crippen LogP contribution in [0.3, 0.4) is 0 Å². The van der Waals surface area contributed by atoms with Gasteiger partial charge in [0.05, 0.1) is 0 Å². The van der Waals surface area contributed by atoms with E-state index in [1.54, 1.807) is 0 Å². The van der Waals surface area contributed by atoms with Crippen molar-refractivity contribution in [3.05, 3.63) is 35.9 Å². The summed E-state index contributed by atoms with van der Waals surface area (Å²) in [6.07, 6.45) is 6.72. The predicted octanol–water partition coefficient (Wildman–Crippen LogP) is 3.67. The second-order valence-corrected chi connectivity index (χ2v) is 4.52. The van der Waals surface area contributed by atoms with E-state index < -0.39 is 0 Å². The normalized spacial score (nSPS) is 19.3. The van der Waals surface area contributed by atoms with E-state index >= 15 is 0 Å². The Hall–Kier alpha value is -0.820. The molecule has 1 N–H and O–H groups in total. The summed E-state index contributed by atoms with van der Waals surface area (Å²) in [5.74, 6) is 0. The van der Waals surface area contributed by atoms with E-state index in [2.05, 4.69) is 42.6 Å². The maximum absolute atomic E-state index is 3.78. The SMILES string of the molecule is CC[C@@H](NC1CCCC1)c1ccccc1. The quantitative estimate of drug-likeness (QED) is 0.787. The zero-order valence-corrected chi connectivity index (χ0v) is 9.58. The molecule has 1 aliphatic carbocycles. The molecule has 0 aromatic heterocycles. The Morgan fingerprint density at radius 2 is 1.87 bits per heavy atom. The molecule has 0 saturated heterocycles. The molecular weight excluding hydrogens is 182 g/mol. The third-order valence-corrected chi connectivity index (χ3v) is 3.40. The fraction of sp³-hybridized carbons (Fsp3) is 0.571. The standard InChI is InChI=1S/C14H21N/c1-2-14(12-8-4-3-5-9-12)15-13-10-6-7-11-13/h3-5,8-9,13-15H,2,6-7,10-11H2,1H3/t14-/m1/s1. The molecule has 0 spiro atoms. The number of rotatable bonds is 4. The molecule has 1 nitrogen and oxygen atoms in total. The van der Waals surface area contributed by atoms with Gasteiger partial charge in [-0.25, -0.2) is 0 Å². The van der Waals surface area contributed by atoms with Gasteiger partial charge in [-0.3, -0.25) is 0 Å². The van der Waals surface area contributed by atoms with Gasteiger partial charge in [0, 0.05) is 12.1 Å². The van der Waals surface area contributed by atoms with Crippen molar-refractivity contribution in [1.82, 2.24) is 5.32 Å². The average molecular weight is 203 g/mol. The molecule has 1 heteroatoms. The molecule has 1 aromatic carbocycles. The summed E-state index contributed by atoms with van der Waals surface area (Å²) in [6, 6.07) is 12.1. The first kappa shape index (κ1) is 10.7. The summed E-state index contributed by atoms with van der Waals surface area (Å²) in [5.41, 5.74) is 1.44. The van der Waals surface area contributed by atoms with Crippen LogP contribution >= 0.6 is 0 Å². The van der Waals surface area contributed by atoms with Crippen molar-refractivity contribution in [2.45, 2.75) is 51.1 Å². The minimum absolute atomic E-state index is 0.550. The van der Waals surface area contributed by atoms with E-state index in [9.17, 15) is 0 Å². The number of hydrogen-bond acceptors (Lipinski definition) is 1. The Bertz CT molecular complexity index is 275. The van der Waals surface area contributed by atoms with Gasteiger partial charge in [0.25, 0.3) is 0 Å². The highest BCUT2D eigenvalue weighted by Crippen LogP contribution is 2.23. The molecule has 0 radical (unpaired) electrons. The van der Waals surface area contributed by atoms with Gasteiger partial charge in [0.2, 0.25) is 0 Å². The van der Waals surface area contributed by atoms with Crippen LogP contribution in [0.5, 0.6) is 0 Å². The lowest BCUT2D eigenvalue weighted by atomic mass is 10.0. The topological polar surface area (TPSA) is 12.0 Å². The Labute approximate surface area is 92.9 Å². The number of benzene rings is 1. The van der Waals surface area contributed by atoms with Crippen LogP contribution in [0.2, 0.25) is 0 Å². The van der Waals surface area contributed by atoms with Gasteiger partial charge in [0.1, 0.15) is 0 Å². The second-order valence-electron chi connectivity index (χ2n) is 4.52. The highest BCUT2D eigenvalue weighted by atomic mass is 15.0. The molecular formula is C14H21N. The van der Waals surface area contributed by atoms with Crippen molar-refractivity contribution in [3.8, 4) is 0 Å². The minimum Gasteiger partial charge on any atom is -0.307 e. The number of nitrogens with one attached hydrogen (secondary N) is 1. The van der Waals surface area contributed by atoms with E-state index in [1.165, 1.54) is 37.7 Å². The van der Waals surface area contributed by atoms with Gasteiger partial charge in [0.15, 0.2) is 0 Å². The van der Waals surface area contributed by atoms with Crippen LogP contribution in [-0.4, -0.2) is 6.04 Å². The smallest absolute Gasteiger partial charge is 0.0320 e. The van der Waals surface area contributed by atoms with Crippen molar-refractivity contribution < 1.29 is 0 Å². The molecule has 1 saturated carbocycles. The average Bonchev–Trinajstić information content (AvgIpc) is 2.80. The maximum Gasteiger partial charge on any atom is 0.0320 e. The maximum atomic E-state index is 3.78. The van der Waals surface area contributed by atoms with Crippen LogP contribution in [0, 0.1) is 0 Å². The Balaban J connectivity index is 1.97. The van der Waals surface area contributed by atoms with Crippen LogP contribution < -0.4 is 5.32 Å². The van der Waals surface area contributed by atoms with Crippen molar-refractivity contribution in [2.75, 3.05) is 0 Å². The molecule has 2 rings (SSSR count). The van der Waals surface area contributed by atoms with Crippen LogP contribution in [0.15, 0.2) is 30.3 Å². The Morgan fingerprint density at radius 1 is 1.20 bits per heavy atom. The van der Waals surface area contributed by atoms with E-state index in [1.807, 2.05) is 0 Å². The monoisotopic (exact) mass is 203 g/mol. The molecule has 1 atom stereocenters. The third-order valence-electron chi connectivity index (χ3n) is 3.40. The molecule has 0 aliphatic heterocycles. The lowest BCUT2D eigenvalue weighted by Crippen LogP contribution is -2.30. The minimum atomic E-state index is 0.550. The molecule has 1 aromatic rings. The lowest BCUT2D eigenvalue weighted by Gasteiger charge is -2.22. The summed E-state index contributed by atoms with van der Waals surface area (Å²) in [5, 5.41) is 3.78. The van der Waals surface area contributed by atoms with Crippen LogP contribution in [0.4, 0.5) is 0 Å². The molecule has 0 amide bonds. The predicted molar refractivity (Wildman–Crippen MR) is 64.9 cm³/mol. The summed E-state index contributed by atoms with van der Waals surface area (Å²) in [6.45, 7) is 2.26. The zero-order valence-electron chi connectivity index (χ0n) is 9.58. The van der Waals surface area contributed by atoms with Gasteiger partial charge in [-0.2, -0.15) is 0 Å². The molecule has 1 aliphatic rings. The number of hydrogen-bond donors (Lipinski definition) is 1. The summed E-state index contributed by atoms with van der Waals surface area (Å²) < 4.78 is 0. The van der Waals surface area contributed by atoms with Crippen molar-refractivity contribution in [1.29, 1.82) is 0 Å². The first-order valence-corrected chi connectivity index (χ1v) is 6.21. The molecule has 15 heavy (non-hydrogen) atoms. The Morgan fingerprint density at radius 3 is 2.47 bits per heavy atom. The van der Waals surface area contributed by atoms with Crippen LogP contribution in [0.1, 0.15) is 50.6 Å². The van der Waals surface area contributed by atoms with Crippen molar-refractivity contribution in [2.24, 2.45) is 0 Å². The fourth-order valence-electron chi connectivity index (χ4n) is 2.51. The van der Waals surface area contributed by atoms with Gasteiger partial charge in [-0.05, 0) is 24.8 Å². The highest BCUT2D eigenvalue weighted by Gasteiger charge is 2.18. The Kier molecular flexibility index (Phi) is 3.79. The molecule has 0 unspecified atom stereocenters. The van der Waals surface area contributed by atoms with Crippen LogP contribution in [-0.2, 0) is 0 Å². The molecule has 1 fully saturated rings. The van der Waals surface area contributed by atoms with Gasteiger partial charge in [-0.1, -0.05) is 50.1 Å². The van der Waals surface area contributed by atoms with E-state index in [-0.39, 0.29) is 0 Å². The van der Waals surface area contributed by atoms with Gasteiger partial charge < -0.3 is 5.32 Å². The first-order chi connectivity index (χ1) is 7.40. The molecule has 0 heterocycles. The van der Waals surface area contributed by atoms with E-state index in [4.69, 9.17) is 0 Å². The van der Waals surface area contributed by atoms with E-state index in [0.717, 1.165) is 6.04 Å². The fourth-order valence-corrected chi connectivity index (χ4v) is 2.51. The molecule has 82 valence electrons. The highest BCUT2D eigenvalue weighted by molar-refractivity contribution is 5.18. The van der Waals surface area contributed by atoms with Crippen LogP contribution in [0.25, 0.3) is 0 Å². The molecule has 0 bridgehead atoms. The second kappa shape index (κ2) is 5.32. The zero-order chi connectivity index (χ0) is 10.5.